The Morgan fingerprint density at radius 2 is 1.40 bits per heavy atom. The molecular weight excluding hydrogens is 259 g/mol. The van der Waals surface area contributed by atoms with E-state index in [1.807, 2.05) is 0 Å². The first-order chi connectivity index (χ1) is 9.80. The summed E-state index contributed by atoms with van der Waals surface area (Å²) in [5, 5.41) is 3.02. The minimum atomic E-state index is -1.37. The topological polar surface area (TPSA) is 9.23 Å². The monoisotopic (exact) mass is 280 g/mol. The summed E-state index contributed by atoms with van der Waals surface area (Å²) in [4.78, 5) is 0. The lowest BCUT2D eigenvalue weighted by atomic mass is 9.91. The van der Waals surface area contributed by atoms with Gasteiger partial charge in [-0.1, -0.05) is 71.0 Å². The first-order valence-electron chi connectivity index (χ1n) is 7.53. The largest absolute Gasteiger partial charge is 0.387 e. The third-order valence-electron chi connectivity index (χ3n) is 4.38. The summed E-state index contributed by atoms with van der Waals surface area (Å²) in [7, 11) is 0.967. The molecule has 1 atom stereocenters. The highest BCUT2D eigenvalue weighted by atomic mass is 28.3. The van der Waals surface area contributed by atoms with Crippen molar-refractivity contribution in [3.63, 3.8) is 0 Å². The smallest absolute Gasteiger partial charge is 0.139 e. The molecule has 0 spiro atoms. The van der Waals surface area contributed by atoms with Gasteiger partial charge in [-0.25, -0.2) is 0 Å². The number of hydrogen-bond acceptors (Lipinski definition) is 1. The van der Waals surface area contributed by atoms with E-state index in [4.69, 9.17) is 4.74 Å². The molecule has 1 heterocycles. The lowest BCUT2D eigenvalue weighted by molar-refractivity contribution is 0.0349. The SMILES string of the molecule is BC1([SiH](c2ccccc2)c2ccccc2)CCCCO1. The molecule has 1 nitrogen and oxygen atoms in total. The fourth-order valence-corrected chi connectivity index (χ4v) is 7.16. The molecule has 3 rings (SSSR count). The summed E-state index contributed by atoms with van der Waals surface area (Å²) < 4.78 is 6.30. The van der Waals surface area contributed by atoms with Gasteiger partial charge in [-0.3, -0.25) is 0 Å². The molecule has 0 bridgehead atoms. The average Bonchev–Trinajstić information content (AvgIpc) is 2.50. The molecule has 20 heavy (non-hydrogen) atoms. The van der Waals surface area contributed by atoms with Crippen LogP contribution in [0.15, 0.2) is 60.7 Å². The van der Waals surface area contributed by atoms with Gasteiger partial charge >= 0.3 is 0 Å². The van der Waals surface area contributed by atoms with Crippen LogP contribution in [0.25, 0.3) is 0 Å². The highest BCUT2D eigenvalue weighted by Gasteiger charge is 2.39. The summed E-state index contributed by atoms with van der Waals surface area (Å²) in [6.45, 7) is 0.916. The van der Waals surface area contributed by atoms with Crippen molar-refractivity contribution in [1.29, 1.82) is 0 Å². The third kappa shape index (κ3) is 2.74. The zero-order valence-electron chi connectivity index (χ0n) is 12.1. The molecule has 3 heteroatoms. The Morgan fingerprint density at radius 1 is 0.850 bits per heavy atom. The zero-order valence-corrected chi connectivity index (χ0v) is 13.2. The maximum Gasteiger partial charge on any atom is 0.139 e. The Bertz CT molecular complexity index is 498. The van der Waals surface area contributed by atoms with Gasteiger partial charge in [-0.2, -0.15) is 0 Å². The summed E-state index contributed by atoms with van der Waals surface area (Å²) in [5.74, 6) is 0. The van der Waals surface area contributed by atoms with E-state index >= 15 is 0 Å². The Labute approximate surface area is 124 Å². The van der Waals surface area contributed by atoms with E-state index in [0.29, 0.717) is 0 Å². The number of ether oxygens (including phenoxy) is 1. The van der Waals surface area contributed by atoms with E-state index in [1.165, 1.54) is 29.6 Å². The lowest BCUT2D eigenvalue weighted by Gasteiger charge is -2.40. The van der Waals surface area contributed by atoms with Crippen molar-refractivity contribution in [3.05, 3.63) is 60.7 Å². The molecule has 0 aromatic heterocycles. The van der Waals surface area contributed by atoms with Crippen molar-refractivity contribution >= 4 is 27.0 Å². The number of hydrogen-bond donors (Lipinski definition) is 0. The fourth-order valence-electron chi connectivity index (χ4n) is 3.37. The van der Waals surface area contributed by atoms with Crippen LogP contribution in [0.2, 0.25) is 0 Å². The van der Waals surface area contributed by atoms with Crippen molar-refractivity contribution in [2.75, 3.05) is 6.61 Å². The van der Waals surface area contributed by atoms with Crippen LogP contribution in [0.4, 0.5) is 0 Å². The molecule has 1 aliphatic heterocycles. The molecular formula is C17H21BOSi. The van der Waals surface area contributed by atoms with Gasteiger partial charge in [0.1, 0.15) is 16.6 Å². The molecule has 0 saturated carbocycles. The van der Waals surface area contributed by atoms with Crippen molar-refractivity contribution in [3.8, 4) is 0 Å². The van der Waals surface area contributed by atoms with Gasteiger partial charge in [0, 0.05) is 11.7 Å². The third-order valence-corrected chi connectivity index (χ3v) is 8.16. The van der Waals surface area contributed by atoms with E-state index in [0.717, 1.165) is 6.61 Å². The van der Waals surface area contributed by atoms with Gasteiger partial charge in [0.25, 0.3) is 0 Å². The zero-order chi connectivity index (χ0) is 13.8. The van der Waals surface area contributed by atoms with Crippen LogP contribution in [-0.2, 0) is 4.74 Å². The van der Waals surface area contributed by atoms with Crippen molar-refractivity contribution < 1.29 is 4.74 Å². The highest BCUT2D eigenvalue weighted by molar-refractivity contribution is 6.91. The predicted octanol–water partition coefficient (Wildman–Crippen LogP) is 1.10. The first-order valence-corrected chi connectivity index (χ1v) is 9.27. The Balaban J connectivity index is 2.04. The van der Waals surface area contributed by atoms with Crippen LogP contribution >= 0.6 is 0 Å². The molecule has 1 unspecified atom stereocenters. The van der Waals surface area contributed by atoms with Crippen LogP contribution in [0.3, 0.4) is 0 Å². The predicted molar refractivity (Wildman–Crippen MR) is 90.4 cm³/mol. The van der Waals surface area contributed by atoms with Crippen LogP contribution in [0.1, 0.15) is 19.3 Å². The van der Waals surface area contributed by atoms with Gasteiger partial charge < -0.3 is 4.74 Å². The molecule has 1 fully saturated rings. The average molecular weight is 280 g/mol. The quantitative estimate of drug-likeness (QED) is 0.765. The Hall–Kier alpha value is -1.32. The van der Waals surface area contributed by atoms with Gasteiger partial charge in [0.05, 0.1) is 0 Å². The lowest BCUT2D eigenvalue weighted by Crippen LogP contribution is -2.63. The first kappa shape index (κ1) is 13.7. The van der Waals surface area contributed by atoms with Crippen LogP contribution in [0, 0.1) is 0 Å². The molecule has 1 aliphatic rings. The molecule has 102 valence electrons. The second-order valence-corrected chi connectivity index (χ2v) is 9.29. The molecule has 1 saturated heterocycles. The van der Waals surface area contributed by atoms with Crippen LogP contribution in [-0.4, -0.2) is 28.4 Å². The van der Waals surface area contributed by atoms with Crippen LogP contribution in [0.5, 0.6) is 0 Å². The summed E-state index contributed by atoms with van der Waals surface area (Å²) >= 11 is 0. The van der Waals surface area contributed by atoms with Gasteiger partial charge in [-0.15, -0.1) is 0 Å². The summed E-state index contributed by atoms with van der Waals surface area (Å²) in [6, 6.07) is 22.0. The second kappa shape index (κ2) is 5.98. The number of benzene rings is 2. The molecule has 2 aromatic rings. The summed E-state index contributed by atoms with van der Waals surface area (Å²) in [5.41, 5.74) is 0. The van der Waals surface area contributed by atoms with E-state index in [-0.39, 0.29) is 5.12 Å². The maximum absolute atomic E-state index is 6.30. The summed E-state index contributed by atoms with van der Waals surface area (Å²) in [6.07, 6.45) is 3.69. The molecule has 0 amide bonds. The minimum Gasteiger partial charge on any atom is -0.387 e. The highest BCUT2D eigenvalue weighted by Crippen LogP contribution is 2.24. The Morgan fingerprint density at radius 3 is 1.85 bits per heavy atom. The van der Waals surface area contributed by atoms with Crippen molar-refractivity contribution in [1.82, 2.24) is 0 Å². The molecule has 0 aliphatic carbocycles. The van der Waals surface area contributed by atoms with E-state index in [1.54, 1.807) is 0 Å². The van der Waals surface area contributed by atoms with Gasteiger partial charge in [0.2, 0.25) is 0 Å². The van der Waals surface area contributed by atoms with Crippen molar-refractivity contribution in [2.24, 2.45) is 0 Å². The number of rotatable bonds is 3. The van der Waals surface area contributed by atoms with E-state index in [9.17, 15) is 0 Å². The van der Waals surface area contributed by atoms with Crippen LogP contribution < -0.4 is 10.4 Å². The second-order valence-electron chi connectivity index (χ2n) is 5.87. The van der Waals surface area contributed by atoms with Gasteiger partial charge in [0.15, 0.2) is 0 Å². The normalized spacial score (nSPS) is 22.9. The van der Waals surface area contributed by atoms with Crippen molar-refractivity contribution in [2.45, 2.75) is 24.4 Å². The minimum absolute atomic E-state index is 0.0426. The molecule has 0 radical (unpaired) electrons. The molecule has 0 N–H and O–H groups in total. The maximum atomic E-state index is 6.30. The van der Waals surface area contributed by atoms with E-state index < -0.39 is 8.80 Å². The standard InChI is InChI=1S/C17H21BOSi/c18-17(13-7-8-14-19-17)20(15-9-3-1-4-10-15)16-11-5-2-6-12-16/h1-6,9-12,20H,7-8,13-14,18H2. The Kier molecular flexibility index (Phi) is 4.08. The van der Waals surface area contributed by atoms with E-state index in [2.05, 4.69) is 68.5 Å². The molecule has 2 aromatic carbocycles. The fraction of sp³-hybridized carbons (Fsp3) is 0.294. The van der Waals surface area contributed by atoms with Gasteiger partial charge in [-0.05, 0) is 19.3 Å².